The van der Waals surface area contributed by atoms with Crippen LogP contribution in [0.5, 0.6) is 0 Å². The van der Waals surface area contributed by atoms with E-state index in [1.54, 1.807) is 12.1 Å². The summed E-state index contributed by atoms with van der Waals surface area (Å²) < 4.78 is 5.01. The van der Waals surface area contributed by atoms with E-state index in [1.165, 1.54) is 68.9 Å². The number of carbonyl (C=O) groups is 1. The quantitative estimate of drug-likeness (QED) is 0.272. The first kappa shape index (κ1) is 23.0. The van der Waals surface area contributed by atoms with Crippen LogP contribution in [0.15, 0.2) is 48.5 Å². The molecular formula is C26H37NO2. The predicted molar refractivity (Wildman–Crippen MR) is 122 cm³/mol. The van der Waals surface area contributed by atoms with Gasteiger partial charge in [0, 0.05) is 12.2 Å². The molecule has 158 valence electrons. The van der Waals surface area contributed by atoms with Crippen molar-refractivity contribution in [1.29, 1.82) is 0 Å². The number of unbranched alkanes of at least 4 members (excludes halogenated alkanes) is 7. The van der Waals surface area contributed by atoms with E-state index in [4.69, 9.17) is 4.74 Å². The minimum Gasteiger partial charge on any atom is -0.462 e. The van der Waals surface area contributed by atoms with Crippen molar-refractivity contribution in [3.63, 3.8) is 0 Å². The smallest absolute Gasteiger partial charge is 0.338 e. The van der Waals surface area contributed by atoms with E-state index < -0.39 is 0 Å². The van der Waals surface area contributed by atoms with Crippen LogP contribution in [0.3, 0.4) is 0 Å². The van der Waals surface area contributed by atoms with E-state index in [9.17, 15) is 4.79 Å². The molecule has 0 saturated carbocycles. The summed E-state index contributed by atoms with van der Waals surface area (Å²) >= 11 is 0. The van der Waals surface area contributed by atoms with Crippen molar-refractivity contribution in [3.05, 3.63) is 65.2 Å². The van der Waals surface area contributed by atoms with Crippen molar-refractivity contribution < 1.29 is 9.53 Å². The summed E-state index contributed by atoms with van der Waals surface area (Å²) in [5.41, 5.74) is 4.28. The third-order valence-corrected chi connectivity index (χ3v) is 5.23. The summed E-state index contributed by atoms with van der Waals surface area (Å²) in [4.78, 5) is 11.7. The Labute approximate surface area is 176 Å². The molecule has 0 aliphatic carbocycles. The molecule has 0 amide bonds. The van der Waals surface area contributed by atoms with Gasteiger partial charge in [-0.15, -0.1) is 0 Å². The number of hydrogen-bond acceptors (Lipinski definition) is 3. The number of rotatable bonds is 14. The number of hydrogen-bond donors (Lipinski definition) is 1. The first-order valence-corrected chi connectivity index (χ1v) is 11.3. The molecule has 2 aromatic carbocycles. The van der Waals surface area contributed by atoms with E-state index in [-0.39, 0.29) is 5.97 Å². The van der Waals surface area contributed by atoms with Crippen molar-refractivity contribution in [2.24, 2.45) is 0 Å². The highest BCUT2D eigenvalue weighted by molar-refractivity contribution is 5.89. The molecule has 2 rings (SSSR count). The lowest BCUT2D eigenvalue weighted by molar-refractivity contribution is 0.0526. The van der Waals surface area contributed by atoms with Gasteiger partial charge in [0.05, 0.1) is 12.2 Å². The van der Waals surface area contributed by atoms with Gasteiger partial charge in [0.1, 0.15) is 0 Å². The largest absolute Gasteiger partial charge is 0.462 e. The molecule has 29 heavy (non-hydrogen) atoms. The first-order chi connectivity index (χ1) is 14.2. The molecular weight excluding hydrogens is 358 g/mol. The van der Waals surface area contributed by atoms with Gasteiger partial charge in [0.25, 0.3) is 0 Å². The van der Waals surface area contributed by atoms with Crippen LogP contribution < -0.4 is 5.32 Å². The highest BCUT2D eigenvalue weighted by Gasteiger charge is 2.05. The zero-order valence-electron chi connectivity index (χ0n) is 18.2. The number of ether oxygens (including phenoxy) is 1. The average Bonchev–Trinajstić information content (AvgIpc) is 2.75. The lowest BCUT2D eigenvalue weighted by Gasteiger charge is -2.09. The van der Waals surface area contributed by atoms with Crippen molar-refractivity contribution in [3.8, 4) is 0 Å². The highest BCUT2D eigenvalue weighted by atomic mass is 16.5. The molecule has 0 radical (unpaired) electrons. The molecule has 0 aliphatic heterocycles. The number of anilines is 1. The number of esters is 1. The Morgan fingerprint density at radius 2 is 1.34 bits per heavy atom. The zero-order chi connectivity index (χ0) is 20.7. The maximum atomic E-state index is 11.7. The Hall–Kier alpha value is -2.29. The molecule has 0 fully saturated rings. The average molecular weight is 396 g/mol. The molecule has 2 aromatic rings. The summed E-state index contributed by atoms with van der Waals surface area (Å²) in [6.07, 6.45) is 12.1. The maximum absolute atomic E-state index is 11.7. The normalized spacial score (nSPS) is 10.7. The second-order valence-electron chi connectivity index (χ2n) is 7.69. The number of nitrogens with one attached hydrogen (secondary N) is 1. The summed E-state index contributed by atoms with van der Waals surface area (Å²) in [6.45, 7) is 5.26. The molecule has 0 saturated heterocycles. The van der Waals surface area contributed by atoms with Gasteiger partial charge in [-0.3, -0.25) is 0 Å². The second kappa shape index (κ2) is 13.8. The van der Waals surface area contributed by atoms with Gasteiger partial charge in [0.15, 0.2) is 0 Å². The van der Waals surface area contributed by atoms with Gasteiger partial charge < -0.3 is 10.1 Å². The molecule has 0 bridgehead atoms. The third-order valence-electron chi connectivity index (χ3n) is 5.23. The molecule has 0 heterocycles. The molecule has 3 nitrogen and oxygen atoms in total. The monoisotopic (exact) mass is 395 g/mol. The zero-order valence-corrected chi connectivity index (χ0v) is 18.2. The number of aryl methyl sites for hydroxylation is 1. The molecule has 0 aliphatic rings. The fourth-order valence-electron chi connectivity index (χ4n) is 3.43. The Bertz CT molecular complexity index is 692. The van der Waals surface area contributed by atoms with Crippen LogP contribution in [0, 0.1) is 0 Å². The molecule has 1 N–H and O–H groups in total. The Morgan fingerprint density at radius 3 is 1.97 bits per heavy atom. The minimum absolute atomic E-state index is 0.272. The SMILES string of the molecule is CCCCCCCCCCc1ccc(CNc2ccc(C(=O)OCC)cc2)cc1. The van der Waals surface area contributed by atoms with Crippen LogP contribution in [0.2, 0.25) is 0 Å². The van der Waals surface area contributed by atoms with Crippen molar-refractivity contribution in [2.75, 3.05) is 11.9 Å². The lowest BCUT2D eigenvalue weighted by Crippen LogP contribution is -2.05. The molecule has 0 atom stereocenters. The Kier molecular flexibility index (Phi) is 11.0. The van der Waals surface area contributed by atoms with Gasteiger partial charge in [-0.2, -0.15) is 0 Å². The number of carbonyl (C=O) groups excluding carboxylic acids is 1. The van der Waals surface area contributed by atoms with Crippen molar-refractivity contribution in [2.45, 2.75) is 78.2 Å². The van der Waals surface area contributed by atoms with E-state index in [0.717, 1.165) is 12.2 Å². The van der Waals surface area contributed by atoms with Crippen LogP contribution in [0.25, 0.3) is 0 Å². The van der Waals surface area contributed by atoms with Crippen LogP contribution >= 0.6 is 0 Å². The van der Waals surface area contributed by atoms with Crippen molar-refractivity contribution >= 4 is 11.7 Å². The Morgan fingerprint density at radius 1 is 0.759 bits per heavy atom. The van der Waals surface area contributed by atoms with Crippen LogP contribution in [0.1, 0.15) is 86.7 Å². The van der Waals surface area contributed by atoms with Crippen LogP contribution in [-0.2, 0) is 17.7 Å². The molecule has 0 aromatic heterocycles. The summed E-state index contributed by atoms with van der Waals surface area (Å²) in [5.74, 6) is -0.272. The standard InChI is InChI=1S/C26H37NO2/c1-3-5-6-7-8-9-10-11-12-22-13-15-23(16-14-22)21-27-25-19-17-24(18-20-25)26(28)29-4-2/h13-20,27H,3-12,21H2,1-2H3. The second-order valence-corrected chi connectivity index (χ2v) is 7.69. The maximum Gasteiger partial charge on any atom is 0.338 e. The third kappa shape index (κ3) is 9.17. The van der Waals surface area contributed by atoms with Gasteiger partial charge in [-0.25, -0.2) is 4.79 Å². The van der Waals surface area contributed by atoms with E-state index in [2.05, 4.69) is 36.5 Å². The highest BCUT2D eigenvalue weighted by Crippen LogP contribution is 2.15. The van der Waals surface area contributed by atoms with E-state index in [0.29, 0.717) is 12.2 Å². The minimum atomic E-state index is -0.272. The number of benzene rings is 2. The van der Waals surface area contributed by atoms with Crippen LogP contribution in [0.4, 0.5) is 5.69 Å². The molecule has 0 unspecified atom stereocenters. The Balaban J connectivity index is 1.65. The van der Waals surface area contributed by atoms with Gasteiger partial charge in [-0.1, -0.05) is 76.1 Å². The fraction of sp³-hybridized carbons (Fsp3) is 0.500. The topological polar surface area (TPSA) is 38.3 Å². The van der Waals surface area contributed by atoms with Crippen molar-refractivity contribution in [1.82, 2.24) is 0 Å². The van der Waals surface area contributed by atoms with Gasteiger partial charge >= 0.3 is 5.97 Å². The summed E-state index contributed by atoms with van der Waals surface area (Å²) in [6, 6.07) is 16.4. The van der Waals surface area contributed by atoms with Crippen LogP contribution in [-0.4, -0.2) is 12.6 Å². The van der Waals surface area contributed by atoms with Gasteiger partial charge in [0.2, 0.25) is 0 Å². The molecule has 3 heteroatoms. The summed E-state index contributed by atoms with van der Waals surface area (Å²) in [7, 11) is 0. The predicted octanol–water partition coefficient (Wildman–Crippen LogP) is 7.16. The molecule has 0 spiro atoms. The van der Waals surface area contributed by atoms with Gasteiger partial charge in [-0.05, 0) is 55.2 Å². The van der Waals surface area contributed by atoms with E-state index >= 15 is 0 Å². The van der Waals surface area contributed by atoms with E-state index in [1.807, 2.05) is 19.1 Å². The lowest BCUT2D eigenvalue weighted by atomic mass is 10.0. The fourth-order valence-corrected chi connectivity index (χ4v) is 3.43. The summed E-state index contributed by atoms with van der Waals surface area (Å²) in [5, 5.41) is 3.41. The first-order valence-electron chi connectivity index (χ1n) is 11.3.